The highest BCUT2D eigenvalue weighted by molar-refractivity contribution is 5.85. The predicted molar refractivity (Wildman–Crippen MR) is 106 cm³/mol. The second-order valence-electron chi connectivity index (χ2n) is 6.38. The average molecular weight is 364 g/mol. The van der Waals surface area contributed by atoms with E-state index in [2.05, 4.69) is 74.6 Å². The van der Waals surface area contributed by atoms with Gasteiger partial charge in [0.15, 0.2) is 0 Å². The zero-order chi connectivity index (χ0) is 17.4. The molecular formula is C21H30ClNO2. The summed E-state index contributed by atoms with van der Waals surface area (Å²) < 4.78 is 5.60. The zero-order valence-corrected chi connectivity index (χ0v) is 16.2. The van der Waals surface area contributed by atoms with Crippen LogP contribution < -0.4 is 5.32 Å². The molecule has 0 saturated heterocycles. The number of aliphatic hydroxyl groups excluding tert-OH is 1. The second kappa shape index (κ2) is 11.3. The monoisotopic (exact) mass is 363 g/mol. The molecule has 2 atom stereocenters. The molecule has 25 heavy (non-hydrogen) atoms. The number of ether oxygens (including phenoxy) is 1. The van der Waals surface area contributed by atoms with E-state index < -0.39 is 6.10 Å². The Morgan fingerprint density at radius 2 is 1.60 bits per heavy atom. The molecule has 2 aromatic carbocycles. The van der Waals surface area contributed by atoms with Crippen LogP contribution in [0.2, 0.25) is 0 Å². The number of aryl methyl sites for hydroxylation is 2. The third-order valence-corrected chi connectivity index (χ3v) is 4.25. The van der Waals surface area contributed by atoms with Gasteiger partial charge in [-0.15, -0.1) is 12.4 Å². The van der Waals surface area contributed by atoms with Gasteiger partial charge in [0, 0.05) is 12.6 Å². The lowest BCUT2D eigenvalue weighted by Crippen LogP contribution is -2.32. The maximum absolute atomic E-state index is 10.1. The normalized spacial score (nSPS) is 13.1. The molecule has 0 bridgehead atoms. The van der Waals surface area contributed by atoms with Gasteiger partial charge in [0.25, 0.3) is 0 Å². The summed E-state index contributed by atoms with van der Waals surface area (Å²) in [6.07, 6.45) is 0.548. The minimum atomic E-state index is -0.507. The first-order chi connectivity index (χ1) is 11.6. The number of halogens is 1. The fourth-order valence-corrected chi connectivity index (χ4v) is 2.53. The Hall–Kier alpha value is -1.39. The Balaban J connectivity index is 0.00000312. The van der Waals surface area contributed by atoms with Crippen molar-refractivity contribution in [3.63, 3.8) is 0 Å². The molecule has 4 heteroatoms. The summed E-state index contributed by atoms with van der Waals surface area (Å²) in [6, 6.07) is 17.1. The van der Waals surface area contributed by atoms with Crippen molar-refractivity contribution < 1.29 is 9.84 Å². The first-order valence-electron chi connectivity index (χ1n) is 8.72. The molecule has 0 amide bonds. The summed E-state index contributed by atoms with van der Waals surface area (Å²) in [4.78, 5) is 0. The Kier molecular flexibility index (Phi) is 9.76. The van der Waals surface area contributed by atoms with E-state index in [1.165, 1.54) is 16.7 Å². The summed E-state index contributed by atoms with van der Waals surface area (Å²) in [5.41, 5.74) is 4.95. The van der Waals surface area contributed by atoms with Gasteiger partial charge in [-0.3, -0.25) is 0 Å². The van der Waals surface area contributed by atoms with Gasteiger partial charge in [0.1, 0.15) is 0 Å². The molecule has 3 nitrogen and oxygen atoms in total. The highest BCUT2D eigenvalue weighted by atomic mass is 35.5. The first kappa shape index (κ1) is 21.7. The van der Waals surface area contributed by atoms with Crippen LogP contribution in [0.5, 0.6) is 0 Å². The van der Waals surface area contributed by atoms with Crippen molar-refractivity contribution in [2.45, 2.75) is 45.9 Å². The van der Waals surface area contributed by atoms with Crippen molar-refractivity contribution >= 4 is 12.4 Å². The molecule has 2 N–H and O–H groups in total. The summed E-state index contributed by atoms with van der Waals surface area (Å²) in [7, 11) is 0. The van der Waals surface area contributed by atoms with E-state index in [0.717, 1.165) is 12.0 Å². The standard InChI is InChI=1S/C21H29NO2.ClH/c1-4-18-9-11-20(12-10-18)17(3)22-13-21(23)15-24-14-19-7-5-16(2)6-8-19;/h5-12,17,21-23H,4,13-15H2,1-3H3;1H. The molecule has 0 heterocycles. The number of hydrogen-bond donors (Lipinski definition) is 2. The summed E-state index contributed by atoms with van der Waals surface area (Å²) >= 11 is 0. The van der Waals surface area contributed by atoms with Crippen molar-refractivity contribution in [1.82, 2.24) is 5.32 Å². The minimum Gasteiger partial charge on any atom is -0.389 e. The van der Waals surface area contributed by atoms with E-state index in [4.69, 9.17) is 4.74 Å². The van der Waals surface area contributed by atoms with Gasteiger partial charge in [0.2, 0.25) is 0 Å². The second-order valence-corrected chi connectivity index (χ2v) is 6.38. The van der Waals surface area contributed by atoms with Crippen LogP contribution in [0, 0.1) is 6.92 Å². The quantitative estimate of drug-likeness (QED) is 0.701. The number of rotatable bonds is 9. The SMILES string of the molecule is CCc1ccc(C(C)NCC(O)COCc2ccc(C)cc2)cc1.Cl. The molecule has 0 spiro atoms. The number of hydrogen-bond acceptors (Lipinski definition) is 3. The largest absolute Gasteiger partial charge is 0.389 e. The van der Waals surface area contributed by atoms with Crippen molar-refractivity contribution in [3.05, 3.63) is 70.8 Å². The Labute approximate surface area is 157 Å². The van der Waals surface area contributed by atoms with Crippen LogP contribution in [0.4, 0.5) is 0 Å². The van der Waals surface area contributed by atoms with Crippen LogP contribution in [0.15, 0.2) is 48.5 Å². The Morgan fingerprint density at radius 3 is 2.20 bits per heavy atom. The average Bonchev–Trinajstić information content (AvgIpc) is 2.61. The van der Waals surface area contributed by atoms with Gasteiger partial charge in [-0.1, -0.05) is 61.0 Å². The summed E-state index contributed by atoms with van der Waals surface area (Å²) in [5, 5.41) is 13.4. The lowest BCUT2D eigenvalue weighted by Gasteiger charge is -2.18. The lowest BCUT2D eigenvalue weighted by molar-refractivity contribution is 0.0278. The summed E-state index contributed by atoms with van der Waals surface area (Å²) in [6.45, 7) is 7.72. The van der Waals surface area contributed by atoms with Crippen LogP contribution in [-0.2, 0) is 17.8 Å². The van der Waals surface area contributed by atoms with Crippen LogP contribution in [0.1, 0.15) is 42.1 Å². The molecule has 0 aromatic heterocycles. The molecule has 2 aromatic rings. The van der Waals surface area contributed by atoms with E-state index in [0.29, 0.717) is 19.8 Å². The van der Waals surface area contributed by atoms with Gasteiger partial charge in [-0.05, 0) is 37.0 Å². The Morgan fingerprint density at radius 1 is 1.00 bits per heavy atom. The van der Waals surface area contributed by atoms with E-state index in [9.17, 15) is 5.11 Å². The maximum atomic E-state index is 10.1. The van der Waals surface area contributed by atoms with Crippen LogP contribution >= 0.6 is 12.4 Å². The highest BCUT2D eigenvalue weighted by Crippen LogP contribution is 2.13. The van der Waals surface area contributed by atoms with Crippen molar-refractivity contribution in [2.75, 3.05) is 13.2 Å². The van der Waals surface area contributed by atoms with Crippen molar-refractivity contribution in [2.24, 2.45) is 0 Å². The number of aliphatic hydroxyl groups is 1. The molecule has 0 aliphatic rings. The van der Waals surface area contributed by atoms with Gasteiger partial charge in [-0.2, -0.15) is 0 Å². The van der Waals surface area contributed by atoms with Gasteiger partial charge < -0.3 is 15.2 Å². The fraction of sp³-hybridized carbons (Fsp3) is 0.429. The van der Waals surface area contributed by atoms with Gasteiger partial charge in [0.05, 0.1) is 19.3 Å². The topological polar surface area (TPSA) is 41.5 Å². The van der Waals surface area contributed by atoms with E-state index in [1.807, 2.05) is 0 Å². The highest BCUT2D eigenvalue weighted by Gasteiger charge is 2.09. The fourth-order valence-electron chi connectivity index (χ4n) is 2.53. The molecule has 2 unspecified atom stereocenters. The molecule has 138 valence electrons. The molecule has 2 rings (SSSR count). The third kappa shape index (κ3) is 7.57. The van der Waals surface area contributed by atoms with Gasteiger partial charge >= 0.3 is 0 Å². The summed E-state index contributed by atoms with van der Waals surface area (Å²) in [5.74, 6) is 0. The molecule has 0 aliphatic heterocycles. The van der Waals surface area contributed by atoms with Crippen LogP contribution in [-0.4, -0.2) is 24.4 Å². The van der Waals surface area contributed by atoms with Crippen molar-refractivity contribution in [1.29, 1.82) is 0 Å². The number of benzene rings is 2. The molecular weight excluding hydrogens is 334 g/mol. The molecule has 0 radical (unpaired) electrons. The van der Waals surface area contributed by atoms with Crippen LogP contribution in [0.3, 0.4) is 0 Å². The lowest BCUT2D eigenvalue weighted by atomic mass is 10.0. The smallest absolute Gasteiger partial charge is 0.0898 e. The minimum absolute atomic E-state index is 0. The third-order valence-electron chi connectivity index (χ3n) is 4.25. The predicted octanol–water partition coefficient (Wildman–Crippen LogP) is 4.21. The van der Waals surface area contributed by atoms with Crippen LogP contribution in [0.25, 0.3) is 0 Å². The van der Waals surface area contributed by atoms with Gasteiger partial charge in [-0.25, -0.2) is 0 Å². The maximum Gasteiger partial charge on any atom is 0.0898 e. The molecule has 0 saturated carbocycles. The molecule has 0 aliphatic carbocycles. The van der Waals surface area contributed by atoms with E-state index >= 15 is 0 Å². The zero-order valence-electron chi connectivity index (χ0n) is 15.4. The number of nitrogens with one attached hydrogen (secondary N) is 1. The Bertz CT molecular complexity index is 598. The first-order valence-corrected chi connectivity index (χ1v) is 8.72. The van der Waals surface area contributed by atoms with E-state index in [-0.39, 0.29) is 18.4 Å². The van der Waals surface area contributed by atoms with Crippen molar-refractivity contribution in [3.8, 4) is 0 Å². The van der Waals surface area contributed by atoms with E-state index in [1.54, 1.807) is 0 Å². The molecule has 0 fully saturated rings.